The van der Waals surface area contributed by atoms with Crippen LogP contribution in [0.5, 0.6) is 0 Å². The van der Waals surface area contributed by atoms with E-state index in [1.54, 1.807) is 6.07 Å². The fraction of sp³-hybridized carbons (Fsp3) is 0.318. The molecule has 0 aromatic heterocycles. The number of hydrogen-bond acceptors (Lipinski definition) is 4. The lowest BCUT2D eigenvalue weighted by molar-refractivity contribution is 0.0958. The monoisotopic (exact) mass is 465 g/mol. The Bertz CT molecular complexity index is 1040. The highest BCUT2D eigenvalue weighted by molar-refractivity contribution is 7.89. The average molecular weight is 466 g/mol. The van der Waals surface area contributed by atoms with Crippen LogP contribution in [0.2, 0.25) is 5.02 Å². The summed E-state index contributed by atoms with van der Waals surface area (Å²) in [5, 5.41) is 2.87. The quantitative estimate of drug-likeness (QED) is 0.555. The van der Waals surface area contributed by atoms with Crippen molar-refractivity contribution in [2.24, 2.45) is 0 Å². The molecule has 31 heavy (non-hydrogen) atoms. The van der Waals surface area contributed by atoms with Gasteiger partial charge in [0, 0.05) is 29.2 Å². The van der Waals surface area contributed by atoms with Crippen molar-refractivity contribution in [1.82, 2.24) is 14.9 Å². The molecular weight excluding hydrogens is 441 g/mol. The van der Waals surface area contributed by atoms with E-state index in [0.717, 1.165) is 25.9 Å². The maximum atomic E-state index is 14.6. The SMILES string of the molecule is C=CCNC(=O)c1cccc(S(=O)(=O)NCC(c2c(F)cccc2Cl)N2CCCC2)c1. The molecule has 166 valence electrons. The number of carbonyl (C=O) groups is 1. The lowest BCUT2D eigenvalue weighted by Gasteiger charge is -2.29. The first-order chi connectivity index (χ1) is 14.8. The van der Waals surface area contributed by atoms with Crippen molar-refractivity contribution in [3.8, 4) is 0 Å². The molecule has 0 aliphatic carbocycles. The normalized spacial score (nSPS) is 15.5. The summed E-state index contributed by atoms with van der Waals surface area (Å²) < 4.78 is 43.0. The Morgan fingerprint density at radius 2 is 1.94 bits per heavy atom. The molecule has 6 nitrogen and oxygen atoms in total. The number of rotatable bonds is 9. The molecule has 0 spiro atoms. The lowest BCUT2D eigenvalue weighted by Crippen LogP contribution is -2.37. The van der Waals surface area contributed by atoms with E-state index in [1.807, 2.05) is 4.90 Å². The maximum absolute atomic E-state index is 14.6. The first kappa shape index (κ1) is 23.4. The van der Waals surface area contributed by atoms with Crippen LogP contribution < -0.4 is 10.0 Å². The van der Waals surface area contributed by atoms with E-state index in [9.17, 15) is 17.6 Å². The smallest absolute Gasteiger partial charge is 0.251 e. The van der Waals surface area contributed by atoms with E-state index in [1.165, 1.54) is 42.5 Å². The largest absolute Gasteiger partial charge is 0.349 e. The lowest BCUT2D eigenvalue weighted by atomic mass is 10.0. The topological polar surface area (TPSA) is 78.5 Å². The Hall–Kier alpha value is -2.26. The zero-order valence-corrected chi connectivity index (χ0v) is 18.6. The number of halogens is 2. The van der Waals surface area contributed by atoms with E-state index >= 15 is 0 Å². The second-order valence-electron chi connectivity index (χ2n) is 7.27. The fourth-order valence-electron chi connectivity index (χ4n) is 3.64. The number of carbonyl (C=O) groups excluding carboxylic acids is 1. The van der Waals surface area contributed by atoms with Gasteiger partial charge in [0.2, 0.25) is 10.0 Å². The second kappa shape index (κ2) is 10.4. The number of amides is 1. The van der Waals surface area contributed by atoms with Gasteiger partial charge in [-0.1, -0.05) is 29.8 Å². The molecule has 3 rings (SSSR count). The minimum absolute atomic E-state index is 0.0430. The molecule has 9 heteroatoms. The van der Waals surface area contributed by atoms with E-state index < -0.39 is 27.8 Å². The predicted octanol–water partition coefficient (Wildman–Crippen LogP) is 3.51. The molecule has 1 saturated heterocycles. The molecule has 1 fully saturated rings. The summed E-state index contributed by atoms with van der Waals surface area (Å²) in [5.74, 6) is -0.866. The van der Waals surface area contributed by atoms with Crippen molar-refractivity contribution >= 4 is 27.5 Å². The molecule has 1 aliphatic rings. The number of nitrogens with zero attached hydrogens (tertiary/aromatic N) is 1. The third kappa shape index (κ3) is 5.71. The molecule has 1 aliphatic heterocycles. The van der Waals surface area contributed by atoms with Crippen LogP contribution in [0.3, 0.4) is 0 Å². The van der Waals surface area contributed by atoms with Gasteiger partial charge >= 0.3 is 0 Å². The van der Waals surface area contributed by atoms with E-state index in [4.69, 9.17) is 11.6 Å². The van der Waals surface area contributed by atoms with Gasteiger partial charge in [0.05, 0.1) is 10.9 Å². The molecule has 1 amide bonds. The molecule has 2 aromatic carbocycles. The van der Waals surface area contributed by atoms with Crippen LogP contribution in [-0.2, 0) is 10.0 Å². The number of benzene rings is 2. The van der Waals surface area contributed by atoms with Crippen LogP contribution in [-0.4, -0.2) is 45.4 Å². The standard InChI is InChI=1S/C22H25ClFN3O3S/c1-2-11-25-22(28)16-7-5-8-17(14-16)31(29,30)26-15-20(27-12-3-4-13-27)21-18(23)9-6-10-19(21)24/h2,5-10,14,20,26H,1,3-4,11-13,15H2,(H,25,28). The van der Waals surface area contributed by atoms with Gasteiger partial charge in [-0.05, 0) is 56.3 Å². The number of sulfonamides is 1. The Labute approximate surface area is 187 Å². The molecule has 1 heterocycles. The second-order valence-corrected chi connectivity index (χ2v) is 9.45. The van der Waals surface area contributed by atoms with Crippen molar-refractivity contribution < 1.29 is 17.6 Å². The zero-order valence-electron chi connectivity index (χ0n) is 17.0. The van der Waals surface area contributed by atoms with Gasteiger partial charge in [0.1, 0.15) is 5.82 Å². The third-order valence-corrected chi connectivity index (χ3v) is 6.95. The Balaban J connectivity index is 1.83. The van der Waals surface area contributed by atoms with Gasteiger partial charge in [-0.25, -0.2) is 17.5 Å². The minimum Gasteiger partial charge on any atom is -0.349 e. The van der Waals surface area contributed by atoms with Crippen LogP contribution in [0, 0.1) is 5.82 Å². The van der Waals surface area contributed by atoms with Crippen molar-refractivity contribution in [1.29, 1.82) is 0 Å². The summed E-state index contributed by atoms with van der Waals surface area (Å²) >= 11 is 6.27. The highest BCUT2D eigenvalue weighted by atomic mass is 35.5. The first-order valence-electron chi connectivity index (χ1n) is 10.0. The predicted molar refractivity (Wildman–Crippen MR) is 119 cm³/mol. The number of nitrogens with one attached hydrogen (secondary N) is 2. The summed E-state index contributed by atoms with van der Waals surface area (Å²) in [4.78, 5) is 14.1. The number of likely N-dealkylation sites (tertiary alicyclic amines) is 1. The van der Waals surface area contributed by atoms with Crippen molar-refractivity contribution in [3.63, 3.8) is 0 Å². The van der Waals surface area contributed by atoms with Crippen molar-refractivity contribution in [2.45, 2.75) is 23.8 Å². The van der Waals surface area contributed by atoms with Crippen LogP contribution in [0.15, 0.2) is 60.0 Å². The summed E-state index contributed by atoms with van der Waals surface area (Å²) in [6.45, 7) is 5.22. The van der Waals surface area contributed by atoms with Gasteiger partial charge < -0.3 is 5.32 Å². The molecule has 1 unspecified atom stereocenters. The molecule has 0 bridgehead atoms. The summed E-state index contributed by atoms with van der Waals surface area (Å²) in [6, 6.07) is 9.66. The van der Waals surface area contributed by atoms with E-state index in [0.29, 0.717) is 0 Å². The van der Waals surface area contributed by atoms with Crippen molar-refractivity contribution in [2.75, 3.05) is 26.2 Å². The van der Waals surface area contributed by atoms with Crippen LogP contribution in [0.4, 0.5) is 4.39 Å². The first-order valence-corrected chi connectivity index (χ1v) is 11.9. The Morgan fingerprint density at radius 3 is 2.61 bits per heavy atom. The summed E-state index contributed by atoms with van der Waals surface area (Å²) in [5.41, 5.74) is 0.504. The average Bonchev–Trinajstić information content (AvgIpc) is 3.28. The maximum Gasteiger partial charge on any atom is 0.251 e. The molecular formula is C22H25ClFN3O3S. The molecule has 2 N–H and O–H groups in total. The van der Waals surface area contributed by atoms with Gasteiger partial charge in [0.15, 0.2) is 0 Å². The molecule has 2 aromatic rings. The van der Waals surface area contributed by atoms with E-state index in [2.05, 4.69) is 16.6 Å². The highest BCUT2D eigenvalue weighted by Gasteiger charge is 2.29. The summed E-state index contributed by atoms with van der Waals surface area (Å²) in [7, 11) is -3.94. The Kier molecular flexibility index (Phi) is 7.83. The third-order valence-electron chi connectivity index (χ3n) is 5.19. The molecule has 0 radical (unpaired) electrons. The van der Waals surface area contributed by atoms with Gasteiger partial charge in [0.25, 0.3) is 5.91 Å². The minimum atomic E-state index is -3.94. The fourth-order valence-corrected chi connectivity index (χ4v) is 5.01. The van der Waals surface area contributed by atoms with Crippen LogP contribution in [0.25, 0.3) is 0 Å². The Morgan fingerprint density at radius 1 is 1.23 bits per heavy atom. The summed E-state index contributed by atoms with van der Waals surface area (Å²) in [6.07, 6.45) is 3.45. The molecule has 1 atom stereocenters. The highest BCUT2D eigenvalue weighted by Crippen LogP contribution is 2.32. The zero-order chi connectivity index (χ0) is 22.4. The van der Waals surface area contributed by atoms with Crippen molar-refractivity contribution in [3.05, 3.63) is 77.1 Å². The van der Waals surface area contributed by atoms with Crippen LogP contribution >= 0.6 is 11.6 Å². The van der Waals surface area contributed by atoms with Crippen LogP contribution in [0.1, 0.15) is 34.8 Å². The molecule has 0 saturated carbocycles. The van der Waals surface area contributed by atoms with Gasteiger partial charge in [-0.3, -0.25) is 9.69 Å². The van der Waals surface area contributed by atoms with Gasteiger partial charge in [-0.15, -0.1) is 6.58 Å². The number of hydrogen-bond donors (Lipinski definition) is 2. The van der Waals surface area contributed by atoms with E-state index in [-0.39, 0.29) is 34.1 Å². The van der Waals surface area contributed by atoms with Gasteiger partial charge in [-0.2, -0.15) is 0 Å².